The highest BCUT2D eigenvalue weighted by Crippen LogP contribution is 2.42. The van der Waals surface area contributed by atoms with Crippen LogP contribution in [0.4, 0.5) is 4.39 Å². The average molecular weight is 430 g/mol. The van der Waals surface area contributed by atoms with Crippen LogP contribution < -0.4 is 0 Å². The number of benzene rings is 1. The lowest BCUT2D eigenvalue weighted by atomic mass is 9.79. The molecule has 0 spiro atoms. The molecule has 3 saturated carbocycles. The fraction of sp³-hybridized carbons (Fsp3) is 0.692. The fourth-order valence-corrected chi connectivity index (χ4v) is 6.14. The SMILES string of the molecule is O=C(COC(=O)C1(c2cccc(F)c2)CCCC1)N(C1CCCCC1)C1CCCCC1. The third kappa shape index (κ3) is 4.96. The molecule has 4 rings (SSSR count). The largest absolute Gasteiger partial charge is 0.455 e. The second kappa shape index (κ2) is 10.1. The van der Waals surface area contributed by atoms with Gasteiger partial charge >= 0.3 is 5.97 Å². The smallest absolute Gasteiger partial charge is 0.317 e. The van der Waals surface area contributed by atoms with Crippen molar-refractivity contribution in [3.63, 3.8) is 0 Å². The number of hydrogen-bond donors (Lipinski definition) is 0. The van der Waals surface area contributed by atoms with Crippen molar-refractivity contribution in [2.75, 3.05) is 6.61 Å². The standard InChI is InChI=1S/C26H36FNO3/c27-21-11-9-10-20(18-21)26(16-7-8-17-26)25(30)31-19-24(29)28(22-12-3-1-4-13-22)23-14-5-2-6-15-23/h9-11,18,22-23H,1-8,12-17,19H2. The number of ether oxygens (including phenoxy) is 1. The van der Waals surface area contributed by atoms with Crippen LogP contribution in [0.25, 0.3) is 0 Å². The van der Waals surface area contributed by atoms with Gasteiger partial charge in [0.05, 0.1) is 5.41 Å². The van der Waals surface area contributed by atoms with Gasteiger partial charge in [0.25, 0.3) is 5.91 Å². The van der Waals surface area contributed by atoms with Crippen molar-refractivity contribution in [3.05, 3.63) is 35.6 Å². The summed E-state index contributed by atoms with van der Waals surface area (Å²) >= 11 is 0. The second-order valence-electron chi connectivity index (χ2n) is 9.76. The van der Waals surface area contributed by atoms with E-state index in [0.29, 0.717) is 18.4 Å². The zero-order valence-corrected chi connectivity index (χ0v) is 18.6. The van der Waals surface area contributed by atoms with Crippen LogP contribution in [-0.4, -0.2) is 35.5 Å². The molecule has 0 heterocycles. The van der Waals surface area contributed by atoms with E-state index in [1.807, 2.05) is 6.07 Å². The van der Waals surface area contributed by atoms with E-state index in [4.69, 9.17) is 4.74 Å². The molecule has 0 unspecified atom stereocenters. The first-order chi connectivity index (χ1) is 15.1. The lowest BCUT2D eigenvalue weighted by molar-refractivity contribution is -0.159. The fourth-order valence-electron chi connectivity index (χ4n) is 6.14. The Labute approximate surface area is 185 Å². The van der Waals surface area contributed by atoms with Gasteiger partial charge in [0.1, 0.15) is 5.82 Å². The maximum atomic E-state index is 13.9. The number of nitrogens with zero attached hydrogens (tertiary/aromatic N) is 1. The molecule has 0 bridgehead atoms. The predicted octanol–water partition coefficient (Wildman–Crippen LogP) is 5.67. The summed E-state index contributed by atoms with van der Waals surface area (Å²) in [5.41, 5.74) is -0.137. The van der Waals surface area contributed by atoms with Gasteiger partial charge in [-0.1, -0.05) is 63.5 Å². The molecule has 0 radical (unpaired) electrons. The second-order valence-corrected chi connectivity index (χ2v) is 9.76. The van der Waals surface area contributed by atoms with Gasteiger partial charge in [0.15, 0.2) is 6.61 Å². The molecule has 0 aromatic heterocycles. The van der Waals surface area contributed by atoms with Crippen LogP contribution in [0.1, 0.15) is 95.5 Å². The molecular formula is C26H36FNO3. The van der Waals surface area contributed by atoms with Gasteiger partial charge in [0, 0.05) is 12.1 Å². The van der Waals surface area contributed by atoms with Crippen molar-refractivity contribution in [1.82, 2.24) is 4.90 Å². The van der Waals surface area contributed by atoms with Crippen molar-refractivity contribution in [2.24, 2.45) is 0 Å². The molecule has 4 nitrogen and oxygen atoms in total. The summed E-state index contributed by atoms with van der Waals surface area (Å²) in [6.07, 6.45) is 14.5. The van der Waals surface area contributed by atoms with Gasteiger partial charge in [-0.15, -0.1) is 0 Å². The first kappa shape index (κ1) is 22.3. The van der Waals surface area contributed by atoms with E-state index < -0.39 is 5.41 Å². The van der Waals surface area contributed by atoms with Crippen molar-refractivity contribution in [2.45, 2.75) is 107 Å². The quantitative estimate of drug-likeness (QED) is 0.547. The van der Waals surface area contributed by atoms with Gasteiger partial charge in [0.2, 0.25) is 0 Å². The number of hydrogen-bond acceptors (Lipinski definition) is 3. The molecule has 170 valence electrons. The van der Waals surface area contributed by atoms with Crippen molar-refractivity contribution in [1.29, 1.82) is 0 Å². The molecule has 3 aliphatic rings. The first-order valence-corrected chi connectivity index (χ1v) is 12.3. The molecular weight excluding hydrogens is 393 g/mol. The van der Waals surface area contributed by atoms with Crippen LogP contribution >= 0.6 is 0 Å². The molecule has 3 aliphatic carbocycles. The third-order valence-electron chi connectivity index (χ3n) is 7.78. The van der Waals surface area contributed by atoms with Gasteiger partial charge in [-0.2, -0.15) is 0 Å². The molecule has 31 heavy (non-hydrogen) atoms. The van der Waals surface area contributed by atoms with Crippen LogP contribution in [0.2, 0.25) is 0 Å². The Morgan fingerprint density at radius 2 is 1.48 bits per heavy atom. The van der Waals surface area contributed by atoms with Crippen LogP contribution in [0, 0.1) is 5.82 Å². The highest BCUT2D eigenvalue weighted by molar-refractivity contribution is 5.87. The first-order valence-electron chi connectivity index (χ1n) is 12.3. The number of rotatable bonds is 6. The average Bonchev–Trinajstić information content (AvgIpc) is 3.30. The van der Waals surface area contributed by atoms with E-state index in [1.165, 1.54) is 50.7 Å². The van der Waals surface area contributed by atoms with E-state index >= 15 is 0 Å². The lowest BCUT2D eigenvalue weighted by Gasteiger charge is -2.41. The third-order valence-corrected chi connectivity index (χ3v) is 7.78. The molecule has 1 aromatic rings. The van der Waals surface area contributed by atoms with Gasteiger partial charge in [-0.3, -0.25) is 9.59 Å². The Bertz CT molecular complexity index is 744. The predicted molar refractivity (Wildman–Crippen MR) is 118 cm³/mol. The number of halogens is 1. The van der Waals surface area contributed by atoms with E-state index in [9.17, 15) is 14.0 Å². The maximum Gasteiger partial charge on any atom is 0.317 e. The monoisotopic (exact) mass is 429 g/mol. The number of amides is 1. The summed E-state index contributed by atoms with van der Waals surface area (Å²) in [5.74, 6) is -0.746. The summed E-state index contributed by atoms with van der Waals surface area (Å²) in [6.45, 7) is -0.192. The minimum absolute atomic E-state index is 0.0421. The Balaban J connectivity index is 1.46. The minimum atomic E-state index is -0.817. The van der Waals surface area contributed by atoms with Crippen molar-refractivity contribution < 1.29 is 18.7 Å². The molecule has 0 N–H and O–H groups in total. The summed E-state index contributed by atoms with van der Waals surface area (Å²) in [4.78, 5) is 28.7. The highest BCUT2D eigenvalue weighted by Gasteiger charge is 2.45. The normalized spacial score (nSPS) is 22.2. The van der Waals surface area contributed by atoms with Crippen LogP contribution in [0.3, 0.4) is 0 Å². The van der Waals surface area contributed by atoms with Crippen molar-refractivity contribution >= 4 is 11.9 Å². The minimum Gasteiger partial charge on any atom is -0.455 e. The molecule has 0 atom stereocenters. The summed E-state index contributed by atoms with van der Waals surface area (Å²) in [7, 11) is 0. The van der Waals surface area contributed by atoms with Crippen LogP contribution in [0.15, 0.2) is 24.3 Å². The van der Waals surface area contributed by atoms with Crippen LogP contribution in [-0.2, 0) is 19.7 Å². The van der Waals surface area contributed by atoms with Gasteiger partial charge in [-0.25, -0.2) is 4.39 Å². The van der Waals surface area contributed by atoms with Crippen molar-refractivity contribution in [3.8, 4) is 0 Å². The number of carbonyl (C=O) groups excluding carboxylic acids is 2. The Morgan fingerprint density at radius 1 is 0.903 bits per heavy atom. The summed E-state index contributed by atoms with van der Waals surface area (Å²) in [6, 6.07) is 6.88. The molecule has 0 saturated heterocycles. The summed E-state index contributed by atoms with van der Waals surface area (Å²) < 4.78 is 19.6. The zero-order chi connectivity index (χ0) is 21.7. The van der Waals surface area contributed by atoms with E-state index in [1.54, 1.807) is 6.07 Å². The van der Waals surface area contributed by atoms with Gasteiger partial charge < -0.3 is 9.64 Å². The summed E-state index contributed by atoms with van der Waals surface area (Å²) in [5, 5.41) is 0. The van der Waals surface area contributed by atoms with E-state index in [0.717, 1.165) is 38.5 Å². The number of carbonyl (C=O) groups is 2. The zero-order valence-electron chi connectivity index (χ0n) is 18.6. The topological polar surface area (TPSA) is 46.6 Å². The molecule has 3 fully saturated rings. The van der Waals surface area contributed by atoms with E-state index in [2.05, 4.69) is 4.90 Å². The van der Waals surface area contributed by atoms with Crippen LogP contribution in [0.5, 0.6) is 0 Å². The molecule has 1 aromatic carbocycles. The lowest BCUT2D eigenvalue weighted by Crippen LogP contribution is -2.50. The molecule has 5 heteroatoms. The van der Waals surface area contributed by atoms with E-state index in [-0.39, 0.29) is 36.4 Å². The Morgan fingerprint density at radius 3 is 2.03 bits per heavy atom. The molecule has 1 amide bonds. The Hall–Kier alpha value is -1.91. The number of esters is 1. The maximum absolute atomic E-state index is 13.9. The molecule has 0 aliphatic heterocycles. The van der Waals surface area contributed by atoms with Gasteiger partial charge in [-0.05, 0) is 56.2 Å². The Kier molecular flexibility index (Phi) is 7.29. The highest BCUT2D eigenvalue weighted by atomic mass is 19.1.